The van der Waals surface area contributed by atoms with Gasteiger partial charge in [0.05, 0.1) is 5.69 Å². The second-order valence-electron chi connectivity index (χ2n) is 6.41. The molecule has 2 heterocycles. The Kier molecular flexibility index (Phi) is 4.19. The summed E-state index contributed by atoms with van der Waals surface area (Å²) in [5.74, 6) is 2.99. The van der Waals surface area contributed by atoms with Crippen LogP contribution in [-0.2, 0) is 17.3 Å². The Bertz CT molecular complexity index is 679. The highest BCUT2D eigenvalue weighted by Gasteiger charge is 2.34. The summed E-state index contributed by atoms with van der Waals surface area (Å²) < 4.78 is 17.6. The van der Waals surface area contributed by atoms with Crippen molar-refractivity contribution in [1.29, 1.82) is 0 Å². The van der Waals surface area contributed by atoms with E-state index in [9.17, 15) is 4.21 Å². The zero-order valence-electron chi connectivity index (χ0n) is 13.3. The highest BCUT2D eigenvalue weighted by molar-refractivity contribution is 7.85. The van der Waals surface area contributed by atoms with Crippen molar-refractivity contribution in [2.24, 2.45) is 0 Å². The van der Waals surface area contributed by atoms with Crippen LogP contribution in [0.3, 0.4) is 0 Å². The predicted molar refractivity (Wildman–Crippen MR) is 89.0 cm³/mol. The molecule has 5 heteroatoms. The molecule has 0 amide bonds. The average molecular weight is 318 g/mol. The van der Waals surface area contributed by atoms with Gasteiger partial charge in [0, 0.05) is 46.5 Å². The minimum Gasteiger partial charge on any atom is -0.441 e. The number of hydrogen-bond acceptors (Lipinski definition) is 4. The summed E-state index contributed by atoms with van der Waals surface area (Å²) in [5.41, 5.74) is 1.90. The molecule has 118 valence electrons. The van der Waals surface area contributed by atoms with Crippen molar-refractivity contribution in [2.75, 3.05) is 18.1 Å². The lowest BCUT2D eigenvalue weighted by Gasteiger charge is -2.41. The molecule has 4 nitrogen and oxygen atoms in total. The first-order valence-corrected chi connectivity index (χ1v) is 9.06. The van der Waals surface area contributed by atoms with Gasteiger partial charge in [0.1, 0.15) is 5.76 Å². The molecule has 3 rings (SSSR count). The SMILES string of the molecule is Cc1oc(-c2ccccc2)nc1CN1CC[S@@](=O)CC1(C)C. The molecule has 0 radical (unpaired) electrons. The van der Waals surface area contributed by atoms with Gasteiger partial charge in [0.2, 0.25) is 5.89 Å². The third-order valence-corrected chi connectivity index (χ3v) is 5.88. The van der Waals surface area contributed by atoms with E-state index < -0.39 is 10.8 Å². The Morgan fingerprint density at radius 1 is 1.32 bits per heavy atom. The summed E-state index contributed by atoms with van der Waals surface area (Å²) in [6.07, 6.45) is 0. The normalized spacial score (nSPS) is 21.9. The van der Waals surface area contributed by atoms with Crippen molar-refractivity contribution in [3.8, 4) is 11.5 Å². The smallest absolute Gasteiger partial charge is 0.226 e. The van der Waals surface area contributed by atoms with E-state index in [4.69, 9.17) is 4.42 Å². The number of benzene rings is 1. The number of aromatic nitrogens is 1. The first-order valence-electron chi connectivity index (χ1n) is 7.57. The second-order valence-corrected chi connectivity index (χ2v) is 7.99. The van der Waals surface area contributed by atoms with Gasteiger partial charge in [-0.15, -0.1) is 0 Å². The summed E-state index contributed by atoms with van der Waals surface area (Å²) in [4.78, 5) is 7.03. The van der Waals surface area contributed by atoms with E-state index in [2.05, 4.69) is 23.7 Å². The minimum absolute atomic E-state index is 0.0680. The van der Waals surface area contributed by atoms with E-state index in [-0.39, 0.29) is 5.54 Å². The molecular weight excluding hydrogens is 296 g/mol. The lowest BCUT2D eigenvalue weighted by molar-refractivity contribution is 0.131. The molecule has 1 fully saturated rings. The zero-order valence-corrected chi connectivity index (χ0v) is 14.2. The maximum atomic E-state index is 11.8. The molecule has 1 aliphatic rings. The van der Waals surface area contributed by atoms with Crippen LogP contribution in [-0.4, -0.2) is 37.7 Å². The van der Waals surface area contributed by atoms with Crippen LogP contribution in [0.5, 0.6) is 0 Å². The Labute approximate surface area is 134 Å². The van der Waals surface area contributed by atoms with E-state index in [1.54, 1.807) is 0 Å². The van der Waals surface area contributed by atoms with E-state index >= 15 is 0 Å². The molecule has 0 spiro atoms. The number of aryl methyl sites for hydroxylation is 1. The van der Waals surface area contributed by atoms with E-state index in [0.29, 0.717) is 5.89 Å². The molecule has 1 atom stereocenters. The molecular formula is C17H22N2O2S. The van der Waals surface area contributed by atoms with Crippen LogP contribution >= 0.6 is 0 Å². The summed E-state index contributed by atoms with van der Waals surface area (Å²) in [7, 11) is -0.704. The molecule has 0 saturated carbocycles. The third kappa shape index (κ3) is 3.15. The monoisotopic (exact) mass is 318 g/mol. The van der Waals surface area contributed by atoms with Gasteiger partial charge in [0.15, 0.2) is 0 Å². The fourth-order valence-electron chi connectivity index (χ4n) is 2.82. The van der Waals surface area contributed by atoms with E-state index in [1.165, 1.54) is 0 Å². The van der Waals surface area contributed by atoms with Crippen molar-refractivity contribution >= 4 is 10.8 Å². The van der Waals surface area contributed by atoms with Gasteiger partial charge in [-0.1, -0.05) is 18.2 Å². The Balaban J connectivity index is 1.81. The molecule has 1 aromatic heterocycles. The number of hydrogen-bond donors (Lipinski definition) is 0. The highest BCUT2D eigenvalue weighted by atomic mass is 32.2. The number of oxazole rings is 1. The second kappa shape index (κ2) is 5.97. The quantitative estimate of drug-likeness (QED) is 0.873. The van der Waals surface area contributed by atoms with Crippen LogP contribution in [0.2, 0.25) is 0 Å². The van der Waals surface area contributed by atoms with Crippen LogP contribution < -0.4 is 0 Å². The molecule has 2 aromatic rings. The van der Waals surface area contributed by atoms with Gasteiger partial charge in [-0.3, -0.25) is 9.11 Å². The molecule has 0 bridgehead atoms. The van der Waals surface area contributed by atoms with Crippen LogP contribution in [0, 0.1) is 6.92 Å². The lowest BCUT2D eigenvalue weighted by Crippen LogP contribution is -2.53. The Hall–Kier alpha value is -1.46. The summed E-state index contributed by atoms with van der Waals surface area (Å²) >= 11 is 0. The Morgan fingerprint density at radius 3 is 2.73 bits per heavy atom. The zero-order chi connectivity index (χ0) is 15.7. The first kappa shape index (κ1) is 15.4. The topological polar surface area (TPSA) is 46.3 Å². The summed E-state index contributed by atoms with van der Waals surface area (Å²) in [6, 6.07) is 9.96. The molecule has 0 aliphatic carbocycles. The fraction of sp³-hybridized carbons (Fsp3) is 0.471. The van der Waals surface area contributed by atoms with Crippen molar-refractivity contribution in [3.05, 3.63) is 41.8 Å². The minimum atomic E-state index is -0.704. The van der Waals surface area contributed by atoms with Crippen molar-refractivity contribution in [1.82, 2.24) is 9.88 Å². The molecule has 0 N–H and O–H groups in total. The molecule has 1 aliphatic heterocycles. The van der Waals surface area contributed by atoms with Gasteiger partial charge in [-0.05, 0) is 32.9 Å². The maximum Gasteiger partial charge on any atom is 0.226 e. The van der Waals surface area contributed by atoms with Gasteiger partial charge in [0.25, 0.3) is 0 Å². The highest BCUT2D eigenvalue weighted by Crippen LogP contribution is 2.26. The van der Waals surface area contributed by atoms with Crippen molar-refractivity contribution in [2.45, 2.75) is 32.9 Å². The molecule has 1 aromatic carbocycles. The van der Waals surface area contributed by atoms with Crippen LogP contribution in [0.4, 0.5) is 0 Å². The number of nitrogens with zero attached hydrogens (tertiary/aromatic N) is 2. The molecule has 0 unspecified atom stereocenters. The largest absolute Gasteiger partial charge is 0.441 e. The van der Waals surface area contributed by atoms with Gasteiger partial charge in [-0.2, -0.15) is 0 Å². The Morgan fingerprint density at radius 2 is 2.05 bits per heavy atom. The standard InChI is InChI=1S/C17H22N2O2S/c1-13-15(11-19-9-10-22(20)12-17(19,2)3)18-16(21-13)14-7-5-4-6-8-14/h4-8H,9-12H2,1-3H3/t22-/m1/s1. The maximum absolute atomic E-state index is 11.8. The number of rotatable bonds is 3. The fourth-order valence-corrected chi connectivity index (χ4v) is 4.36. The van der Waals surface area contributed by atoms with Crippen LogP contribution in [0.15, 0.2) is 34.7 Å². The summed E-state index contributed by atoms with van der Waals surface area (Å²) in [6.45, 7) is 7.85. The molecule has 22 heavy (non-hydrogen) atoms. The molecule has 1 saturated heterocycles. The van der Waals surface area contributed by atoms with Crippen LogP contribution in [0.1, 0.15) is 25.3 Å². The average Bonchev–Trinajstić information content (AvgIpc) is 2.84. The van der Waals surface area contributed by atoms with Crippen LogP contribution in [0.25, 0.3) is 11.5 Å². The third-order valence-electron chi connectivity index (χ3n) is 4.21. The van der Waals surface area contributed by atoms with E-state index in [1.807, 2.05) is 37.3 Å². The van der Waals surface area contributed by atoms with E-state index in [0.717, 1.165) is 41.6 Å². The first-order chi connectivity index (χ1) is 10.5. The van der Waals surface area contributed by atoms with Crippen molar-refractivity contribution < 1.29 is 8.63 Å². The van der Waals surface area contributed by atoms with Crippen molar-refractivity contribution in [3.63, 3.8) is 0 Å². The van der Waals surface area contributed by atoms with Gasteiger partial charge >= 0.3 is 0 Å². The predicted octanol–water partition coefficient (Wildman–Crippen LogP) is 2.99. The van der Waals surface area contributed by atoms with Gasteiger partial charge < -0.3 is 4.42 Å². The van der Waals surface area contributed by atoms with Gasteiger partial charge in [-0.25, -0.2) is 4.98 Å². The lowest BCUT2D eigenvalue weighted by atomic mass is 10.1. The summed E-state index contributed by atoms with van der Waals surface area (Å²) in [5, 5.41) is 0.